The lowest BCUT2D eigenvalue weighted by Crippen LogP contribution is -2.59. The summed E-state index contributed by atoms with van der Waals surface area (Å²) < 4.78 is 58.0. The summed E-state index contributed by atoms with van der Waals surface area (Å²) in [5.41, 5.74) is 3.97. The Bertz CT molecular complexity index is 552. The number of benzene rings is 1. The lowest BCUT2D eigenvalue weighted by atomic mass is 9.93. The number of hydrogen-bond acceptors (Lipinski definition) is 3. The zero-order valence-electron chi connectivity index (χ0n) is 11.2. The number of ether oxygens (including phenoxy) is 1. The van der Waals surface area contributed by atoms with Gasteiger partial charge in [-0.15, -0.1) is 0 Å². The number of halogens is 4. The minimum Gasteiger partial charge on any atom is -0.485 e. The van der Waals surface area contributed by atoms with Gasteiger partial charge in [-0.25, -0.2) is 8.78 Å². The molecule has 0 saturated heterocycles. The number of carbonyl (C=O) groups excluding carboxylic acids is 1. The Morgan fingerprint density at radius 1 is 1.33 bits per heavy atom. The first kappa shape index (κ1) is 15.6. The second kappa shape index (κ2) is 5.51. The molecule has 4 nitrogen and oxygen atoms in total. The maximum absolute atomic E-state index is 13.5. The number of rotatable bonds is 6. The summed E-state index contributed by atoms with van der Waals surface area (Å²) in [6, 6.07) is 0.0812. The molecule has 0 radical (unpaired) electrons. The molecule has 0 heterocycles. The van der Waals surface area contributed by atoms with E-state index in [2.05, 4.69) is 5.32 Å². The molecular formula is C13H14F4N2O2. The molecule has 116 valence electrons. The highest BCUT2D eigenvalue weighted by atomic mass is 19.2. The Labute approximate surface area is 118 Å². The predicted molar refractivity (Wildman–Crippen MR) is 65.5 cm³/mol. The molecule has 2 rings (SSSR count). The standard InChI is InChI=1S/C13H14F4N2O2/c1-19-13(12(18)20,6-2-3-6)5-21-11-9(16)7(14)4-8(15)10(11)17/h4,6,19H,2-3,5H2,1H3,(H2,18,20). The van der Waals surface area contributed by atoms with Crippen LogP contribution in [0.15, 0.2) is 6.07 Å². The molecule has 0 aromatic heterocycles. The van der Waals surface area contributed by atoms with Gasteiger partial charge in [-0.1, -0.05) is 0 Å². The van der Waals surface area contributed by atoms with E-state index in [-0.39, 0.29) is 12.0 Å². The second-order valence-corrected chi connectivity index (χ2v) is 4.95. The summed E-state index contributed by atoms with van der Waals surface area (Å²) in [5.74, 6) is -8.57. The number of amides is 1. The number of carbonyl (C=O) groups is 1. The van der Waals surface area contributed by atoms with E-state index < -0.39 is 47.1 Å². The molecule has 0 spiro atoms. The van der Waals surface area contributed by atoms with Gasteiger partial charge in [0.2, 0.25) is 17.5 Å². The minimum atomic E-state index is -1.65. The lowest BCUT2D eigenvalue weighted by Gasteiger charge is -2.30. The van der Waals surface area contributed by atoms with Crippen molar-refractivity contribution in [1.29, 1.82) is 0 Å². The molecule has 1 fully saturated rings. The highest BCUT2D eigenvalue weighted by molar-refractivity contribution is 5.85. The Kier molecular flexibility index (Phi) is 4.08. The van der Waals surface area contributed by atoms with Crippen LogP contribution >= 0.6 is 0 Å². The number of nitrogens with one attached hydrogen (secondary N) is 1. The molecule has 1 amide bonds. The van der Waals surface area contributed by atoms with Crippen LogP contribution in [0.5, 0.6) is 5.75 Å². The molecular weight excluding hydrogens is 292 g/mol. The Balaban J connectivity index is 2.28. The van der Waals surface area contributed by atoms with E-state index in [9.17, 15) is 22.4 Å². The largest absolute Gasteiger partial charge is 0.485 e. The van der Waals surface area contributed by atoms with Gasteiger partial charge in [0.25, 0.3) is 0 Å². The van der Waals surface area contributed by atoms with Crippen molar-refractivity contribution in [3.05, 3.63) is 29.3 Å². The second-order valence-electron chi connectivity index (χ2n) is 4.95. The molecule has 1 aliphatic rings. The fourth-order valence-electron chi connectivity index (χ4n) is 2.23. The first-order valence-corrected chi connectivity index (χ1v) is 6.28. The number of primary amides is 1. The first-order valence-electron chi connectivity index (χ1n) is 6.28. The van der Waals surface area contributed by atoms with E-state index in [1.54, 1.807) is 0 Å². The maximum Gasteiger partial charge on any atom is 0.241 e. The van der Waals surface area contributed by atoms with E-state index in [0.29, 0.717) is 12.8 Å². The molecule has 0 aliphatic heterocycles. The van der Waals surface area contributed by atoms with Crippen molar-refractivity contribution in [3.8, 4) is 5.75 Å². The van der Waals surface area contributed by atoms with E-state index in [1.807, 2.05) is 0 Å². The van der Waals surface area contributed by atoms with Crippen LogP contribution in [0.1, 0.15) is 12.8 Å². The van der Waals surface area contributed by atoms with Gasteiger partial charge in [0.05, 0.1) is 0 Å². The van der Waals surface area contributed by atoms with Gasteiger partial charge >= 0.3 is 0 Å². The topological polar surface area (TPSA) is 64.3 Å². The molecule has 1 atom stereocenters. The molecule has 1 aromatic carbocycles. The van der Waals surface area contributed by atoms with Crippen LogP contribution in [0.3, 0.4) is 0 Å². The highest BCUT2D eigenvalue weighted by Crippen LogP contribution is 2.40. The maximum atomic E-state index is 13.5. The van der Waals surface area contributed by atoms with Gasteiger partial charge < -0.3 is 15.8 Å². The van der Waals surface area contributed by atoms with Crippen LogP contribution in [-0.4, -0.2) is 25.1 Å². The minimum absolute atomic E-state index is 0.0812. The molecule has 1 saturated carbocycles. The Morgan fingerprint density at radius 3 is 2.24 bits per heavy atom. The lowest BCUT2D eigenvalue weighted by molar-refractivity contribution is -0.126. The molecule has 3 N–H and O–H groups in total. The predicted octanol–water partition coefficient (Wildman–Crippen LogP) is 1.48. The number of nitrogens with two attached hydrogens (primary N) is 1. The van der Waals surface area contributed by atoms with Crippen molar-refractivity contribution in [2.45, 2.75) is 18.4 Å². The van der Waals surface area contributed by atoms with E-state index in [1.165, 1.54) is 7.05 Å². The van der Waals surface area contributed by atoms with E-state index in [0.717, 1.165) is 0 Å². The fraction of sp³-hybridized carbons (Fsp3) is 0.462. The summed E-state index contributed by atoms with van der Waals surface area (Å²) >= 11 is 0. The van der Waals surface area contributed by atoms with Crippen molar-refractivity contribution in [2.24, 2.45) is 11.7 Å². The summed E-state index contributed by atoms with van der Waals surface area (Å²) in [4.78, 5) is 11.6. The SMILES string of the molecule is CNC(COc1c(F)c(F)cc(F)c1F)(C(N)=O)C1CC1. The third kappa shape index (κ3) is 2.67. The zero-order valence-corrected chi connectivity index (χ0v) is 11.2. The van der Waals surface area contributed by atoms with E-state index in [4.69, 9.17) is 10.5 Å². The van der Waals surface area contributed by atoms with Gasteiger partial charge in [-0.3, -0.25) is 4.79 Å². The van der Waals surface area contributed by atoms with Gasteiger partial charge in [0, 0.05) is 6.07 Å². The van der Waals surface area contributed by atoms with E-state index >= 15 is 0 Å². The fourth-order valence-corrected chi connectivity index (χ4v) is 2.23. The summed E-state index contributed by atoms with van der Waals surface area (Å²) in [6.45, 7) is -0.528. The quantitative estimate of drug-likeness (QED) is 0.618. The molecule has 1 aliphatic carbocycles. The third-order valence-corrected chi connectivity index (χ3v) is 3.68. The van der Waals surface area contributed by atoms with Gasteiger partial charge in [-0.05, 0) is 25.8 Å². The average molecular weight is 306 g/mol. The van der Waals surface area contributed by atoms with Crippen molar-refractivity contribution < 1.29 is 27.1 Å². The average Bonchev–Trinajstić information content (AvgIpc) is 3.25. The van der Waals surface area contributed by atoms with Crippen LogP contribution in [0.4, 0.5) is 17.6 Å². The molecule has 21 heavy (non-hydrogen) atoms. The smallest absolute Gasteiger partial charge is 0.241 e. The monoisotopic (exact) mass is 306 g/mol. The molecule has 0 bridgehead atoms. The Morgan fingerprint density at radius 2 is 1.86 bits per heavy atom. The highest BCUT2D eigenvalue weighted by Gasteiger charge is 2.50. The normalized spacial score (nSPS) is 17.4. The van der Waals surface area contributed by atoms with Crippen molar-refractivity contribution >= 4 is 5.91 Å². The molecule has 1 unspecified atom stereocenters. The van der Waals surface area contributed by atoms with Crippen LogP contribution < -0.4 is 15.8 Å². The van der Waals surface area contributed by atoms with Crippen LogP contribution in [0, 0.1) is 29.2 Å². The zero-order chi connectivity index (χ0) is 15.8. The van der Waals surface area contributed by atoms with Crippen molar-refractivity contribution in [3.63, 3.8) is 0 Å². The van der Waals surface area contributed by atoms with Crippen molar-refractivity contribution in [1.82, 2.24) is 5.32 Å². The molecule has 1 aromatic rings. The van der Waals surface area contributed by atoms with Crippen LogP contribution in [-0.2, 0) is 4.79 Å². The molecule has 8 heteroatoms. The summed E-state index contributed by atoms with van der Waals surface area (Å²) in [5, 5.41) is 2.68. The van der Waals surface area contributed by atoms with Crippen LogP contribution in [0.25, 0.3) is 0 Å². The summed E-state index contributed by atoms with van der Waals surface area (Å²) in [6.07, 6.45) is 1.38. The van der Waals surface area contributed by atoms with Gasteiger partial charge in [-0.2, -0.15) is 8.78 Å². The third-order valence-electron chi connectivity index (χ3n) is 3.68. The summed E-state index contributed by atoms with van der Waals surface area (Å²) in [7, 11) is 1.45. The Hall–Kier alpha value is -1.83. The number of likely N-dealkylation sites (N-methyl/N-ethyl adjacent to an activating group) is 1. The van der Waals surface area contributed by atoms with Gasteiger partial charge in [0.1, 0.15) is 12.1 Å². The van der Waals surface area contributed by atoms with Crippen LogP contribution in [0.2, 0.25) is 0 Å². The van der Waals surface area contributed by atoms with Gasteiger partial charge in [0.15, 0.2) is 17.4 Å². The van der Waals surface area contributed by atoms with Crippen molar-refractivity contribution in [2.75, 3.05) is 13.7 Å². The first-order chi connectivity index (χ1) is 9.83. The number of hydrogen-bond donors (Lipinski definition) is 2.